The molecule has 1 fully saturated rings. The van der Waals surface area contributed by atoms with Crippen LogP contribution >= 0.6 is 0 Å². The van der Waals surface area contributed by atoms with E-state index in [1.54, 1.807) is 12.1 Å². The summed E-state index contributed by atoms with van der Waals surface area (Å²) >= 11 is 0. The van der Waals surface area contributed by atoms with E-state index in [9.17, 15) is 9.18 Å². The van der Waals surface area contributed by atoms with Crippen LogP contribution in [0.1, 0.15) is 17.5 Å². The first kappa shape index (κ1) is 18.2. The van der Waals surface area contributed by atoms with Gasteiger partial charge in [0.25, 0.3) is 5.91 Å². The van der Waals surface area contributed by atoms with Crippen molar-refractivity contribution in [1.29, 1.82) is 0 Å². The lowest BCUT2D eigenvalue weighted by Gasteiger charge is -2.24. The number of nitrogens with zero attached hydrogens (tertiary/aromatic N) is 2. The fraction of sp³-hybridized carbons (Fsp3) is 0.381. The normalized spacial score (nSPS) is 14.9. The van der Waals surface area contributed by atoms with E-state index in [1.807, 2.05) is 36.9 Å². The number of hydrogen-bond acceptors (Lipinski definition) is 3. The van der Waals surface area contributed by atoms with Gasteiger partial charge in [-0.3, -0.25) is 4.79 Å². The molecule has 0 saturated carbocycles. The Kier molecular flexibility index (Phi) is 5.76. The molecule has 0 spiro atoms. The van der Waals surface area contributed by atoms with Crippen LogP contribution in [0, 0.1) is 19.7 Å². The van der Waals surface area contributed by atoms with Crippen LogP contribution < -0.4 is 9.64 Å². The van der Waals surface area contributed by atoms with E-state index < -0.39 is 0 Å². The molecule has 0 radical (unpaired) electrons. The summed E-state index contributed by atoms with van der Waals surface area (Å²) in [5, 5.41) is 0. The Bertz CT molecular complexity index is 761. The van der Waals surface area contributed by atoms with E-state index >= 15 is 0 Å². The molecule has 1 aliphatic rings. The van der Waals surface area contributed by atoms with Crippen molar-refractivity contribution in [1.82, 2.24) is 4.90 Å². The van der Waals surface area contributed by atoms with Gasteiger partial charge >= 0.3 is 0 Å². The number of amides is 1. The van der Waals surface area contributed by atoms with Crippen LogP contribution in [-0.4, -0.2) is 43.6 Å². The molecule has 0 unspecified atom stereocenters. The maximum absolute atomic E-state index is 13.1. The fourth-order valence-electron chi connectivity index (χ4n) is 3.27. The molecule has 0 bridgehead atoms. The Morgan fingerprint density at radius 1 is 1.04 bits per heavy atom. The monoisotopic (exact) mass is 356 g/mol. The van der Waals surface area contributed by atoms with Crippen molar-refractivity contribution in [3.05, 3.63) is 59.4 Å². The van der Waals surface area contributed by atoms with Crippen LogP contribution in [0.25, 0.3) is 0 Å². The highest BCUT2D eigenvalue weighted by atomic mass is 19.1. The van der Waals surface area contributed by atoms with Gasteiger partial charge in [0.05, 0.1) is 0 Å². The van der Waals surface area contributed by atoms with Crippen LogP contribution in [0.3, 0.4) is 0 Å². The summed E-state index contributed by atoms with van der Waals surface area (Å²) in [7, 11) is 0. The molecule has 1 saturated heterocycles. The van der Waals surface area contributed by atoms with Crippen molar-refractivity contribution in [2.75, 3.05) is 37.7 Å². The zero-order valence-corrected chi connectivity index (χ0v) is 15.4. The number of carbonyl (C=O) groups is 1. The predicted molar refractivity (Wildman–Crippen MR) is 101 cm³/mol. The number of carbonyl (C=O) groups excluding carboxylic acids is 1. The van der Waals surface area contributed by atoms with Crippen molar-refractivity contribution in [3.63, 3.8) is 0 Å². The lowest BCUT2D eigenvalue weighted by molar-refractivity contribution is -0.133. The molecule has 1 heterocycles. The number of benzene rings is 2. The lowest BCUT2D eigenvalue weighted by Crippen LogP contribution is -2.38. The molecule has 0 aromatic heterocycles. The molecular weight excluding hydrogens is 331 g/mol. The third-order valence-electron chi connectivity index (χ3n) is 4.72. The van der Waals surface area contributed by atoms with E-state index in [2.05, 4.69) is 4.90 Å². The summed E-state index contributed by atoms with van der Waals surface area (Å²) in [6.45, 7) is 7.03. The van der Waals surface area contributed by atoms with E-state index in [0.29, 0.717) is 13.1 Å². The third kappa shape index (κ3) is 4.54. The number of rotatable bonds is 4. The fourth-order valence-corrected chi connectivity index (χ4v) is 3.27. The van der Waals surface area contributed by atoms with Gasteiger partial charge in [0.2, 0.25) is 0 Å². The van der Waals surface area contributed by atoms with E-state index in [1.165, 1.54) is 17.7 Å². The van der Waals surface area contributed by atoms with E-state index in [0.717, 1.165) is 36.5 Å². The molecule has 3 rings (SSSR count). The summed E-state index contributed by atoms with van der Waals surface area (Å²) in [6, 6.07) is 12.5. The number of ether oxygens (including phenoxy) is 1. The first-order valence-electron chi connectivity index (χ1n) is 9.01. The second kappa shape index (κ2) is 8.21. The molecule has 0 aliphatic carbocycles. The van der Waals surface area contributed by atoms with Crippen molar-refractivity contribution >= 4 is 11.6 Å². The summed E-state index contributed by atoms with van der Waals surface area (Å²) in [5.41, 5.74) is 3.21. The zero-order valence-electron chi connectivity index (χ0n) is 15.4. The highest BCUT2D eigenvalue weighted by molar-refractivity contribution is 5.78. The molecule has 4 nitrogen and oxygen atoms in total. The van der Waals surface area contributed by atoms with Crippen LogP contribution in [0.5, 0.6) is 5.75 Å². The first-order valence-corrected chi connectivity index (χ1v) is 9.01. The molecular formula is C21H25FN2O2. The second-order valence-electron chi connectivity index (χ2n) is 6.76. The lowest BCUT2D eigenvalue weighted by atomic mass is 10.1. The molecule has 2 aromatic carbocycles. The van der Waals surface area contributed by atoms with E-state index in [4.69, 9.17) is 4.74 Å². The van der Waals surface area contributed by atoms with Gasteiger partial charge in [-0.25, -0.2) is 4.39 Å². The van der Waals surface area contributed by atoms with Gasteiger partial charge < -0.3 is 14.5 Å². The Labute approximate surface area is 154 Å². The molecule has 2 aromatic rings. The number of hydrogen-bond donors (Lipinski definition) is 0. The molecule has 0 N–H and O–H groups in total. The standard InChI is InChI=1S/C21H25FN2O2/c1-16-4-9-20(17(2)14-16)26-15-21(25)24-11-3-10-23(12-13-24)19-7-5-18(22)6-8-19/h4-9,14H,3,10-13,15H2,1-2H3. The summed E-state index contributed by atoms with van der Waals surface area (Å²) in [5.74, 6) is 0.529. The minimum atomic E-state index is -0.232. The molecule has 0 atom stereocenters. The van der Waals surface area contributed by atoms with Gasteiger partial charge in [-0.15, -0.1) is 0 Å². The van der Waals surface area contributed by atoms with Gasteiger partial charge in [-0.2, -0.15) is 0 Å². The first-order chi connectivity index (χ1) is 12.5. The van der Waals surface area contributed by atoms with Gasteiger partial charge in [-0.05, 0) is 56.2 Å². The van der Waals surface area contributed by atoms with E-state index in [-0.39, 0.29) is 18.3 Å². The maximum atomic E-state index is 13.1. The Hall–Kier alpha value is -2.56. The predicted octanol–water partition coefficient (Wildman–Crippen LogP) is 3.56. The molecule has 138 valence electrons. The highest BCUT2D eigenvalue weighted by Gasteiger charge is 2.20. The third-order valence-corrected chi connectivity index (χ3v) is 4.72. The maximum Gasteiger partial charge on any atom is 0.260 e. The van der Waals surface area contributed by atoms with Crippen molar-refractivity contribution in [3.8, 4) is 5.75 Å². The van der Waals surface area contributed by atoms with Crippen molar-refractivity contribution < 1.29 is 13.9 Å². The number of halogens is 1. The van der Waals surface area contributed by atoms with Crippen LogP contribution in [0.15, 0.2) is 42.5 Å². The summed E-state index contributed by atoms with van der Waals surface area (Å²) in [6.07, 6.45) is 0.882. The SMILES string of the molecule is Cc1ccc(OCC(=O)N2CCCN(c3ccc(F)cc3)CC2)c(C)c1. The van der Waals surface area contributed by atoms with Gasteiger partial charge in [0.15, 0.2) is 6.61 Å². The van der Waals surface area contributed by atoms with Gasteiger partial charge in [0.1, 0.15) is 11.6 Å². The van der Waals surface area contributed by atoms with Gasteiger partial charge in [0, 0.05) is 31.9 Å². The molecule has 5 heteroatoms. The average Bonchev–Trinajstić information content (AvgIpc) is 2.88. The largest absolute Gasteiger partial charge is 0.484 e. The average molecular weight is 356 g/mol. The molecule has 1 amide bonds. The smallest absolute Gasteiger partial charge is 0.260 e. The zero-order chi connectivity index (χ0) is 18.5. The Morgan fingerprint density at radius 3 is 2.54 bits per heavy atom. The second-order valence-corrected chi connectivity index (χ2v) is 6.76. The molecule has 1 aliphatic heterocycles. The number of aryl methyl sites for hydroxylation is 2. The summed E-state index contributed by atoms with van der Waals surface area (Å²) in [4.78, 5) is 16.6. The van der Waals surface area contributed by atoms with Crippen LogP contribution in [-0.2, 0) is 4.79 Å². The highest BCUT2D eigenvalue weighted by Crippen LogP contribution is 2.20. The van der Waals surface area contributed by atoms with Crippen LogP contribution in [0.2, 0.25) is 0 Å². The van der Waals surface area contributed by atoms with Crippen molar-refractivity contribution in [2.45, 2.75) is 20.3 Å². The minimum Gasteiger partial charge on any atom is -0.484 e. The summed E-state index contributed by atoms with van der Waals surface area (Å²) < 4.78 is 18.8. The quantitative estimate of drug-likeness (QED) is 0.840. The van der Waals surface area contributed by atoms with Crippen molar-refractivity contribution in [2.24, 2.45) is 0 Å². The Morgan fingerprint density at radius 2 is 1.81 bits per heavy atom. The Balaban J connectivity index is 1.54. The van der Waals surface area contributed by atoms with Gasteiger partial charge in [-0.1, -0.05) is 17.7 Å². The minimum absolute atomic E-state index is 0.00549. The van der Waals surface area contributed by atoms with Crippen LogP contribution in [0.4, 0.5) is 10.1 Å². The molecule has 26 heavy (non-hydrogen) atoms. The number of anilines is 1. The topological polar surface area (TPSA) is 32.8 Å².